The van der Waals surface area contributed by atoms with Crippen LogP contribution in [0.5, 0.6) is 0 Å². The Kier molecular flexibility index (Phi) is 32.7. The number of nitrogens with one attached hydrogen (secondary N) is 5. The number of hydrogen-bond donors (Lipinski definition) is 27. The lowest BCUT2D eigenvalue weighted by molar-refractivity contribution is -0.402. The second-order valence-electron chi connectivity index (χ2n) is 25.9. The second kappa shape index (κ2) is 39.0. The van der Waals surface area contributed by atoms with Crippen molar-refractivity contribution in [3.8, 4) is 0 Å². The van der Waals surface area contributed by atoms with Gasteiger partial charge in [0.25, 0.3) is 0 Å². The molecule has 0 bridgehead atoms. The molecule has 7 fully saturated rings. The Morgan fingerprint density at radius 3 is 1.06 bits per heavy atom. The molecule has 7 saturated heterocycles. The van der Waals surface area contributed by atoms with E-state index >= 15 is 0 Å². The van der Waals surface area contributed by atoms with Crippen molar-refractivity contribution in [2.24, 2.45) is 0 Å². The number of carbonyl (C=O) groups is 5. The maximum absolute atomic E-state index is 12.9. The first-order chi connectivity index (χ1) is 49.1. The molecule has 46 heteroatoms. The molecule has 7 rings (SSSR count). The first-order valence-corrected chi connectivity index (χ1v) is 33.0. The van der Waals surface area contributed by atoms with Gasteiger partial charge in [-0.2, -0.15) is 0 Å². The molecule has 7 aliphatic heterocycles. The highest BCUT2D eigenvalue weighted by Crippen LogP contribution is 2.39. The second-order valence-corrected chi connectivity index (χ2v) is 25.9. The first kappa shape index (κ1) is 87.1. The average molecular weight is 1520 g/mol. The third kappa shape index (κ3) is 20.3. The van der Waals surface area contributed by atoms with Gasteiger partial charge in [-0.3, -0.25) is 24.0 Å². The Labute approximate surface area is 590 Å². The molecule has 39 atom stereocenters. The van der Waals surface area contributed by atoms with Crippen LogP contribution < -0.4 is 26.6 Å². The zero-order valence-corrected chi connectivity index (χ0v) is 56.5. The molecular weight excluding hydrogens is 1420 g/mol. The topological polar surface area (TPSA) is 720 Å². The first-order valence-electron chi connectivity index (χ1n) is 33.0. The Bertz CT molecular complexity index is 2710. The van der Waals surface area contributed by atoms with E-state index in [2.05, 4.69) is 26.6 Å². The molecule has 104 heavy (non-hydrogen) atoms. The standard InChI is InChI=1S/C58H99N5O41/c1-15(72)59-20(6-64)33(78)46(21(77)7-65)99-55-32(63-19(5)76)42(87)47(26(12-70)96-55)101-56-45(90)49(38(83)28(98-56)14-91-57-50(43(88)37(82)25(11-69)95-57)103-53-30(61-17(3)74)40(85)35(80)23(9-67)93-53)102-58-51(104-54-31(62-18(4)75)41(86)36(81)24(10-68)94-54)44(89)48(27(13-71)97-58)100-52-29(60-16(2)73)39(84)34(79)22(8-66)92-52/h20-58,64-71,77-90H,6-14H2,1-5H3,(H,59,72)(H,60,73)(H,61,74)(H,62,75)(H,63,76)/t20-,21+,22+,23+,24+,25+,26+,27+,28+,29+,30+,31+,32+,33+,34+,35+,36+,37+,38+,39+,40+,41+,42+,43-,44-,45-,46+,47+,48+,49-,50-,51-,52-,53-,54-,55-,56-,57-,58+/m0/s1. The van der Waals surface area contributed by atoms with Crippen molar-refractivity contribution in [1.29, 1.82) is 0 Å². The highest BCUT2D eigenvalue weighted by molar-refractivity contribution is 5.75. The molecule has 0 saturated carbocycles. The van der Waals surface area contributed by atoms with Crippen molar-refractivity contribution in [3.05, 3.63) is 0 Å². The van der Waals surface area contributed by atoms with E-state index in [1.54, 1.807) is 0 Å². The Balaban J connectivity index is 1.32. The van der Waals surface area contributed by atoms with Gasteiger partial charge < -0.3 is 205 Å². The minimum Gasteiger partial charge on any atom is -0.394 e. The summed E-state index contributed by atoms with van der Waals surface area (Å²) in [4.78, 5) is 62.6. The summed E-state index contributed by atoms with van der Waals surface area (Å²) in [5.41, 5.74) is 0. The number of ether oxygens (including phenoxy) is 14. The summed E-state index contributed by atoms with van der Waals surface area (Å²) in [5.74, 6) is -4.39. The number of rotatable bonds is 31. The van der Waals surface area contributed by atoms with Crippen LogP contribution in [-0.2, 0) is 90.3 Å². The molecule has 0 radical (unpaired) electrons. The van der Waals surface area contributed by atoms with Gasteiger partial charge >= 0.3 is 0 Å². The van der Waals surface area contributed by atoms with E-state index in [9.17, 15) is 136 Å². The molecule has 0 spiro atoms. The van der Waals surface area contributed by atoms with E-state index in [4.69, 9.17) is 66.3 Å². The number of amides is 5. The molecule has 27 N–H and O–H groups in total. The van der Waals surface area contributed by atoms with Crippen LogP contribution in [0.4, 0.5) is 0 Å². The van der Waals surface area contributed by atoms with Crippen LogP contribution in [0.3, 0.4) is 0 Å². The van der Waals surface area contributed by atoms with Crippen LogP contribution in [0.15, 0.2) is 0 Å². The molecule has 0 aromatic carbocycles. The largest absolute Gasteiger partial charge is 0.394 e. The maximum atomic E-state index is 12.9. The summed E-state index contributed by atoms with van der Waals surface area (Å²) in [7, 11) is 0. The van der Waals surface area contributed by atoms with Gasteiger partial charge in [0.05, 0.1) is 65.5 Å². The predicted molar refractivity (Wildman–Crippen MR) is 325 cm³/mol. The lowest BCUT2D eigenvalue weighted by Gasteiger charge is -2.51. The van der Waals surface area contributed by atoms with Crippen LogP contribution >= 0.6 is 0 Å². The van der Waals surface area contributed by atoms with Gasteiger partial charge in [0.2, 0.25) is 29.5 Å². The highest BCUT2D eigenvalue weighted by Gasteiger charge is 2.60. The zero-order chi connectivity index (χ0) is 77.2. The summed E-state index contributed by atoms with van der Waals surface area (Å²) in [6.07, 6.45) is -71.8. The summed E-state index contributed by atoms with van der Waals surface area (Å²) in [6.45, 7) is -5.12. The predicted octanol–water partition coefficient (Wildman–Crippen LogP) is -18.1. The monoisotopic (exact) mass is 1520 g/mol. The van der Waals surface area contributed by atoms with E-state index < -0.39 is 328 Å². The SMILES string of the molecule is CC(=O)N[C@H]1[C@H](O[C@@H]([C@H](O)[C@H](CO)NC(C)=O)[C@H](O)CO)O[C@H](CO)[C@@H](O[C@@H]2O[C@H](CO[C@H]3O[C@H](CO)[C@@H](O)[C@H](O)[C@@H]3O[C@@H]3O[C@H](CO)[C@@H](O)[C@H](O)[C@H]3NC(C)=O)[C@@H](O)[C@H](O[C@H]3O[C@H](CO)[C@@H](O[C@@H]4O[C@H](CO)[C@@H](O)[C@H](O)[C@H]4NC(C)=O)[C@H](O)[C@@H]3O[C@@H]3O[C@H](CO)[C@@H](O)[C@H](O)[C@H]3NC(C)=O)[C@@H]2O)[C@@H]1O. The summed E-state index contributed by atoms with van der Waals surface area (Å²) >= 11 is 0. The Morgan fingerprint density at radius 1 is 0.327 bits per heavy atom. The van der Waals surface area contributed by atoms with Gasteiger partial charge in [-0.05, 0) is 0 Å². The van der Waals surface area contributed by atoms with Crippen molar-refractivity contribution in [1.82, 2.24) is 26.6 Å². The number of hydrogen-bond acceptors (Lipinski definition) is 41. The van der Waals surface area contributed by atoms with E-state index in [0.29, 0.717) is 0 Å². The van der Waals surface area contributed by atoms with Crippen LogP contribution in [-0.4, -0.2) is 440 Å². The average Bonchev–Trinajstić information content (AvgIpc) is 0.763. The summed E-state index contributed by atoms with van der Waals surface area (Å²) in [5, 5.41) is 256. The third-order valence-electron chi connectivity index (χ3n) is 18.3. The van der Waals surface area contributed by atoms with Crippen molar-refractivity contribution in [2.75, 3.05) is 59.5 Å². The maximum Gasteiger partial charge on any atom is 0.217 e. The summed E-state index contributed by atoms with van der Waals surface area (Å²) in [6, 6.07) is -8.97. The van der Waals surface area contributed by atoms with E-state index in [1.165, 1.54) is 0 Å². The molecule has 602 valence electrons. The lowest BCUT2D eigenvalue weighted by atomic mass is 9.94. The van der Waals surface area contributed by atoms with Crippen LogP contribution in [0.1, 0.15) is 34.6 Å². The van der Waals surface area contributed by atoms with Crippen LogP contribution in [0.2, 0.25) is 0 Å². The summed E-state index contributed by atoms with van der Waals surface area (Å²) < 4.78 is 84.1. The van der Waals surface area contributed by atoms with E-state index in [-0.39, 0.29) is 0 Å². The molecule has 0 aliphatic carbocycles. The Hall–Kier alpha value is -4.09. The van der Waals surface area contributed by atoms with Crippen LogP contribution in [0.25, 0.3) is 0 Å². The van der Waals surface area contributed by atoms with Gasteiger partial charge in [0, 0.05) is 34.6 Å². The molecular formula is C58H99N5O41. The third-order valence-corrected chi connectivity index (χ3v) is 18.3. The van der Waals surface area contributed by atoms with Crippen molar-refractivity contribution < 1.29 is 203 Å². The number of aliphatic hydroxyl groups excluding tert-OH is 22. The van der Waals surface area contributed by atoms with E-state index in [1.807, 2.05) is 0 Å². The zero-order valence-electron chi connectivity index (χ0n) is 56.5. The van der Waals surface area contributed by atoms with Gasteiger partial charge in [-0.15, -0.1) is 0 Å². The molecule has 46 nitrogen and oxygen atoms in total. The molecule has 0 aromatic rings. The molecule has 5 amide bonds. The minimum absolute atomic E-state index is 0.803. The molecule has 7 heterocycles. The Morgan fingerprint density at radius 2 is 0.663 bits per heavy atom. The van der Waals surface area contributed by atoms with Gasteiger partial charge in [0.15, 0.2) is 44.0 Å². The highest BCUT2D eigenvalue weighted by atomic mass is 16.8. The number of carbonyl (C=O) groups excluding carboxylic acids is 5. The minimum atomic E-state index is -2.59. The van der Waals surface area contributed by atoms with Gasteiger partial charge in [-0.25, -0.2) is 0 Å². The molecule has 0 aromatic heterocycles. The van der Waals surface area contributed by atoms with Crippen molar-refractivity contribution >= 4 is 29.5 Å². The van der Waals surface area contributed by atoms with E-state index in [0.717, 1.165) is 34.6 Å². The van der Waals surface area contributed by atoms with Gasteiger partial charge in [-0.1, -0.05) is 0 Å². The molecule has 0 unspecified atom stereocenters. The number of aliphatic hydroxyl groups is 22. The van der Waals surface area contributed by atoms with Crippen molar-refractivity contribution in [2.45, 2.75) is 274 Å². The normalized spacial score (nSPS) is 44.0. The molecule has 7 aliphatic rings. The fourth-order valence-electron chi connectivity index (χ4n) is 13.0. The van der Waals surface area contributed by atoms with Gasteiger partial charge in [0.1, 0.15) is 189 Å². The fraction of sp³-hybridized carbons (Fsp3) is 0.914. The quantitative estimate of drug-likeness (QED) is 0.0306. The van der Waals surface area contributed by atoms with Crippen LogP contribution in [0, 0.1) is 0 Å². The smallest absolute Gasteiger partial charge is 0.217 e. The fourth-order valence-corrected chi connectivity index (χ4v) is 13.0. The lowest BCUT2D eigenvalue weighted by Crippen LogP contribution is -2.71. The van der Waals surface area contributed by atoms with Crippen molar-refractivity contribution in [3.63, 3.8) is 0 Å².